The Kier molecular flexibility index (Phi) is 13.7. The summed E-state index contributed by atoms with van der Waals surface area (Å²) < 4.78 is 0. The Morgan fingerprint density at radius 2 is 1.84 bits per heavy atom. The zero-order valence-corrected chi connectivity index (χ0v) is 14.0. The van der Waals surface area contributed by atoms with Gasteiger partial charge in [-0.15, -0.1) is 0 Å². The molecule has 114 valence electrons. The second-order valence-electron chi connectivity index (χ2n) is 4.56. The van der Waals surface area contributed by atoms with Gasteiger partial charge in [0, 0.05) is 26.7 Å². The van der Waals surface area contributed by atoms with Crippen LogP contribution in [0.2, 0.25) is 0 Å². The number of aliphatic imine (C=N–C) groups is 1. The zero-order valence-electron chi connectivity index (χ0n) is 13.2. The molecule has 0 spiro atoms. The second-order valence-corrected chi connectivity index (χ2v) is 5.55. The average molecular weight is 289 g/mol. The summed E-state index contributed by atoms with van der Waals surface area (Å²) in [6.07, 6.45) is 5.85. The molecule has 0 aromatic heterocycles. The van der Waals surface area contributed by atoms with Gasteiger partial charge in [-0.1, -0.05) is 13.8 Å². The minimum atomic E-state index is 0.928. The number of thioether (sulfide) groups is 1. The van der Waals surface area contributed by atoms with Gasteiger partial charge < -0.3 is 15.5 Å². The molecule has 0 aliphatic carbocycles. The second kappa shape index (κ2) is 14.0. The lowest BCUT2D eigenvalue weighted by Gasteiger charge is -2.20. The topological polar surface area (TPSA) is 39.7 Å². The molecule has 0 fully saturated rings. The van der Waals surface area contributed by atoms with E-state index in [0.717, 1.165) is 32.1 Å². The fourth-order valence-electron chi connectivity index (χ4n) is 1.88. The molecule has 5 heteroatoms. The molecule has 0 aromatic carbocycles. The van der Waals surface area contributed by atoms with Crippen molar-refractivity contribution in [1.29, 1.82) is 0 Å². The van der Waals surface area contributed by atoms with Crippen LogP contribution < -0.4 is 10.6 Å². The van der Waals surface area contributed by atoms with Crippen molar-refractivity contribution in [3.8, 4) is 0 Å². The highest BCUT2D eigenvalue weighted by Gasteiger charge is 2.01. The van der Waals surface area contributed by atoms with Crippen LogP contribution in [0, 0.1) is 0 Å². The molecule has 0 radical (unpaired) electrons. The van der Waals surface area contributed by atoms with Crippen LogP contribution in [0.15, 0.2) is 4.99 Å². The Morgan fingerprint density at radius 1 is 1.11 bits per heavy atom. The lowest BCUT2D eigenvalue weighted by atomic mass is 10.3. The van der Waals surface area contributed by atoms with Gasteiger partial charge in [0.15, 0.2) is 5.96 Å². The first-order valence-electron chi connectivity index (χ1n) is 7.44. The normalized spacial score (nSPS) is 11.9. The molecule has 0 atom stereocenters. The fraction of sp³-hybridized carbons (Fsp3) is 0.929. The molecule has 2 N–H and O–H groups in total. The van der Waals surface area contributed by atoms with E-state index in [9.17, 15) is 0 Å². The predicted molar refractivity (Wildman–Crippen MR) is 89.4 cm³/mol. The summed E-state index contributed by atoms with van der Waals surface area (Å²) in [5, 5.41) is 6.74. The smallest absolute Gasteiger partial charge is 0.191 e. The molecule has 0 amide bonds. The summed E-state index contributed by atoms with van der Waals surface area (Å²) in [5.74, 6) is 2.17. The van der Waals surface area contributed by atoms with Crippen LogP contribution in [0.4, 0.5) is 0 Å². The Bertz CT molecular complexity index is 221. The highest BCUT2D eigenvalue weighted by Crippen LogP contribution is 1.97. The molecule has 0 saturated carbocycles. The Labute approximate surface area is 123 Å². The summed E-state index contributed by atoms with van der Waals surface area (Å²) >= 11 is 1.91. The fourth-order valence-corrected chi connectivity index (χ4v) is 2.37. The predicted octanol–water partition coefficient (Wildman–Crippen LogP) is 2.03. The number of unbranched alkanes of at least 4 members (excludes halogenated alkanes) is 1. The molecule has 0 heterocycles. The molecule has 0 saturated heterocycles. The maximum atomic E-state index is 4.25. The van der Waals surface area contributed by atoms with E-state index in [1.54, 1.807) is 0 Å². The number of nitrogens with one attached hydrogen (secondary N) is 2. The molecular weight excluding hydrogens is 256 g/mol. The maximum Gasteiger partial charge on any atom is 0.191 e. The lowest BCUT2D eigenvalue weighted by molar-refractivity contribution is 0.293. The minimum absolute atomic E-state index is 0.928. The van der Waals surface area contributed by atoms with Crippen molar-refractivity contribution in [2.75, 3.05) is 51.8 Å². The average Bonchev–Trinajstić information content (AvgIpc) is 2.44. The van der Waals surface area contributed by atoms with Gasteiger partial charge in [-0.2, -0.15) is 11.8 Å². The number of likely N-dealkylation sites (N-methyl/N-ethyl adjacent to an activating group) is 1. The Hall–Kier alpha value is -0.420. The van der Waals surface area contributed by atoms with E-state index in [1.165, 1.54) is 31.6 Å². The van der Waals surface area contributed by atoms with Crippen LogP contribution in [0.25, 0.3) is 0 Å². The first-order chi connectivity index (χ1) is 9.28. The van der Waals surface area contributed by atoms with Crippen molar-refractivity contribution in [1.82, 2.24) is 15.5 Å². The number of hydrogen-bond donors (Lipinski definition) is 2. The Balaban J connectivity index is 3.64. The van der Waals surface area contributed by atoms with E-state index in [1.807, 2.05) is 18.8 Å². The third kappa shape index (κ3) is 11.1. The zero-order chi connectivity index (χ0) is 14.3. The van der Waals surface area contributed by atoms with Gasteiger partial charge in [-0.05, 0) is 44.4 Å². The van der Waals surface area contributed by atoms with E-state index in [2.05, 4.69) is 40.6 Å². The van der Waals surface area contributed by atoms with Gasteiger partial charge in [-0.25, -0.2) is 0 Å². The van der Waals surface area contributed by atoms with Gasteiger partial charge in [0.2, 0.25) is 0 Å². The van der Waals surface area contributed by atoms with Gasteiger partial charge in [-0.3, -0.25) is 4.99 Å². The summed E-state index contributed by atoms with van der Waals surface area (Å²) in [6.45, 7) is 9.79. The van der Waals surface area contributed by atoms with Crippen molar-refractivity contribution in [3.05, 3.63) is 0 Å². The van der Waals surface area contributed by atoms with E-state index in [0.29, 0.717) is 0 Å². The maximum absolute atomic E-state index is 4.25. The largest absolute Gasteiger partial charge is 0.356 e. The number of hydrogen-bond acceptors (Lipinski definition) is 3. The van der Waals surface area contributed by atoms with Crippen molar-refractivity contribution in [3.63, 3.8) is 0 Å². The molecular formula is C14H32N4S. The molecule has 0 rings (SSSR count). The Morgan fingerprint density at radius 3 is 2.42 bits per heavy atom. The molecule has 0 unspecified atom stereocenters. The quantitative estimate of drug-likeness (QED) is 0.347. The van der Waals surface area contributed by atoms with Gasteiger partial charge in [0.25, 0.3) is 0 Å². The highest BCUT2D eigenvalue weighted by atomic mass is 32.2. The van der Waals surface area contributed by atoms with E-state index in [-0.39, 0.29) is 0 Å². The molecule has 19 heavy (non-hydrogen) atoms. The first kappa shape index (κ1) is 18.6. The monoisotopic (exact) mass is 288 g/mol. The summed E-state index contributed by atoms with van der Waals surface area (Å²) in [6, 6.07) is 0. The SMILES string of the molecule is CCCN(CC)CCNC(=NC)NCCCCSC. The van der Waals surface area contributed by atoms with Crippen LogP contribution >= 0.6 is 11.8 Å². The standard InChI is InChI=1S/C14H32N4S/c1-5-11-18(6-2)12-10-17-14(15-3)16-9-7-8-13-19-4/h5-13H2,1-4H3,(H2,15,16,17). The number of rotatable bonds is 11. The van der Waals surface area contributed by atoms with Crippen LogP contribution in [-0.2, 0) is 0 Å². The number of guanidine groups is 1. The summed E-state index contributed by atoms with van der Waals surface area (Å²) in [4.78, 5) is 6.70. The van der Waals surface area contributed by atoms with Gasteiger partial charge >= 0.3 is 0 Å². The van der Waals surface area contributed by atoms with Gasteiger partial charge in [0.1, 0.15) is 0 Å². The lowest BCUT2D eigenvalue weighted by Crippen LogP contribution is -2.42. The molecule has 0 aromatic rings. The summed E-state index contributed by atoms with van der Waals surface area (Å²) in [7, 11) is 1.83. The van der Waals surface area contributed by atoms with E-state index >= 15 is 0 Å². The molecule has 0 bridgehead atoms. The molecule has 4 nitrogen and oxygen atoms in total. The van der Waals surface area contributed by atoms with Crippen molar-refractivity contribution in [2.24, 2.45) is 4.99 Å². The van der Waals surface area contributed by atoms with Crippen molar-refractivity contribution < 1.29 is 0 Å². The first-order valence-corrected chi connectivity index (χ1v) is 8.83. The van der Waals surface area contributed by atoms with Gasteiger partial charge in [0.05, 0.1) is 0 Å². The van der Waals surface area contributed by atoms with Crippen LogP contribution in [0.3, 0.4) is 0 Å². The third-order valence-electron chi connectivity index (χ3n) is 3.00. The molecule has 0 aliphatic heterocycles. The van der Waals surface area contributed by atoms with Crippen LogP contribution in [0.5, 0.6) is 0 Å². The van der Waals surface area contributed by atoms with Crippen molar-refractivity contribution >= 4 is 17.7 Å². The summed E-state index contributed by atoms with van der Waals surface area (Å²) in [5.41, 5.74) is 0. The van der Waals surface area contributed by atoms with E-state index in [4.69, 9.17) is 0 Å². The highest BCUT2D eigenvalue weighted by molar-refractivity contribution is 7.98. The molecule has 0 aliphatic rings. The third-order valence-corrected chi connectivity index (χ3v) is 3.70. The minimum Gasteiger partial charge on any atom is -0.356 e. The number of nitrogens with zero attached hydrogens (tertiary/aromatic N) is 2. The van der Waals surface area contributed by atoms with Crippen LogP contribution in [-0.4, -0.2) is 62.6 Å². The van der Waals surface area contributed by atoms with Crippen LogP contribution in [0.1, 0.15) is 33.1 Å². The van der Waals surface area contributed by atoms with Crippen molar-refractivity contribution in [2.45, 2.75) is 33.1 Å². The van der Waals surface area contributed by atoms with E-state index < -0.39 is 0 Å².